The van der Waals surface area contributed by atoms with Gasteiger partial charge in [-0.25, -0.2) is 0 Å². The van der Waals surface area contributed by atoms with Gasteiger partial charge in [0.1, 0.15) is 5.75 Å². The molecule has 2 N–H and O–H groups in total. The Morgan fingerprint density at radius 1 is 1.09 bits per heavy atom. The monoisotopic (exact) mass is 445 g/mol. The van der Waals surface area contributed by atoms with Crippen molar-refractivity contribution >= 4 is 5.96 Å². The Bertz CT molecular complexity index is 680. The first-order valence-electron chi connectivity index (χ1n) is 12.3. The third kappa shape index (κ3) is 7.64. The second kappa shape index (κ2) is 13.0. The molecule has 1 aromatic rings. The van der Waals surface area contributed by atoms with Crippen molar-refractivity contribution in [3.05, 3.63) is 29.8 Å². The van der Waals surface area contributed by atoms with Crippen molar-refractivity contribution in [2.75, 3.05) is 67.1 Å². The molecule has 0 spiro atoms. The number of nitrogens with zero attached hydrogens (tertiary/aromatic N) is 3. The van der Waals surface area contributed by atoms with Gasteiger partial charge in [0, 0.05) is 45.3 Å². The average molecular weight is 446 g/mol. The fourth-order valence-electron chi connectivity index (χ4n) is 4.78. The highest BCUT2D eigenvalue weighted by Gasteiger charge is 2.38. The van der Waals surface area contributed by atoms with Crippen LogP contribution in [0.25, 0.3) is 0 Å². The lowest BCUT2D eigenvalue weighted by Crippen LogP contribution is -2.60. The molecule has 0 amide bonds. The number of ether oxygens (including phenoxy) is 2. The zero-order valence-corrected chi connectivity index (χ0v) is 20.4. The first-order chi connectivity index (χ1) is 15.6. The highest BCUT2D eigenvalue weighted by Crippen LogP contribution is 2.33. The number of hydrogen-bond acceptors (Lipinski definition) is 5. The highest BCUT2D eigenvalue weighted by atomic mass is 16.5. The minimum Gasteiger partial charge on any atom is -0.494 e. The van der Waals surface area contributed by atoms with Crippen molar-refractivity contribution < 1.29 is 9.47 Å². The first kappa shape index (κ1) is 24.8. The number of benzene rings is 1. The number of hydrogen-bond donors (Lipinski definition) is 2. The van der Waals surface area contributed by atoms with Gasteiger partial charge in [-0.1, -0.05) is 31.4 Å². The molecular weight excluding hydrogens is 402 g/mol. The van der Waals surface area contributed by atoms with Crippen LogP contribution in [0.2, 0.25) is 0 Å². The second-order valence-corrected chi connectivity index (χ2v) is 9.31. The lowest BCUT2D eigenvalue weighted by atomic mass is 9.80. The maximum Gasteiger partial charge on any atom is 0.191 e. The summed E-state index contributed by atoms with van der Waals surface area (Å²) in [7, 11) is 6.02. The van der Waals surface area contributed by atoms with E-state index in [0.29, 0.717) is 0 Å². The van der Waals surface area contributed by atoms with Gasteiger partial charge in [0.2, 0.25) is 0 Å². The molecule has 3 rings (SSSR count). The zero-order chi connectivity index (χ0) is 22.7. The summed E-state index contributed by atoms with van der Waals surface area (Å²) in [5, 5.41) is 7.11. The molecule has 0 atom stereocenters. The molecule has 1 aromatic carbocycles. The number of guanidine groups is 1. The van der Waals surface area contributed by atoms with Crippen LogP contribution in [-0.4, -0.2) is 88.4 Å². The number of morpholine rings is 1. The van der Waals surface area contributed by atoms with Gasteiger partial charge < -0.3 is 25.0 Å². The molecule has 32 heavy (non-hydrogen) atoms. The van der Waals surface area contributed by atoms with Gasteiger partial charge in [-0.2, -0.15) is 0 Å². The number of aliphatic imine (C=N–C) groups is 1. The van der Waals surface area contributed by atoms with Gasteiger partial charge >= 0.3 is 0 Å². The second-order valence-electron chi connectivity index (χ2n) is 9.31. The minimum atomic E-state index is 0.227. The van der Waals surface area contributed by atoms with E-state index in [9.17, 15) is 0 Å². The van der Waals surface area contributed by atoms with Gasteiger partial charge in [0.05, 0.1) is 19.8 Å². The molecule has 0 aromatic heterocycles. The fraction of sp³-hybridized carbons (Fsp3) is 0.720. The summed E-state index contributed by atoms with van der Waals surface area (Å²) < 4.78 is 11.4. The molecule has 2 fully saturated rings. The predicted octanol–water partition coefficient (Wildman–Crippen LogP) is 2.72. The minimum absolute atomic E-state index is 0.227. The number of nitrogens with one attached hydrogen (secondary N) is 2. The van der Waals surface area contributed by atoms with Crippen molar-refractivity contribution in [3.8, 4) is 5.75 Å². The van der Waals surface area contributed by atoms with Crippen LogP contribution in [0.1, 0.15) is 44.1 Å². The van der Waals surface area contributed by atoms with Crippen LogP contribution in [0.5, 0.6) is 5.75 Å². The molecule has 0 radical (unpaired) electrons. The SMILES string of the molecule is CN=C(NCc1ccc(OCCCN(C)C)cc1)NCC1(N2CCOCC2)CCCCC1. The quantitative estimate of drug-likeness (QED) is 0.328. The van der Waals surface area contributed by atoms with Crippen LogP contribution in [0, 0.1) is 0 Å². The van der Waals surface area contributed by atoms with Gasteiger partial charge in [0.25, 0.3) is 0 Å². The topological polar surface area (TPSA) is 61.4 Å². The van der Waals surface area contributed by atoms with E-state index in [-0.39, 0.29) is 5.54 Å². The summed E-state index contributed by atoms with van der Waals surface area (Å²) in [6.45, 7) is 7.25. The summed E-state index contributed by atoms with van der Waals surface area (Å²) in [6.07, 6.45) is 7.53. The molecule has 0 bridgehead atoms. The lowest BCUT2D eigenvalue weighted by Gasteiger charge is -2.48. The van der Waals surface area contributed by atoms with Crippen molar-refractivity contribution in [1.82, 2.24) is 20.4 Å². The maximum absolute atomic E-state index is 5.84. The van der Waals surface area contributed by atoms with E-state index >= 15 is 0 Å². The molecule has 1 aliphatic carbocycles. The van der Waals surface area contributed by atoms with Crippen LogP contribution in [0.3, 0.4) is 0 Å². The van der Waals surface area contributed by atoms with Gasteiger partial charge in [-0.05, 0) is 51.1 Å². The van der Waals surface area contributed by atoms with Crippen molar-refractivity contribution in [3.63, 3.8) is 0 Å². The maximum atomic E-state index is 5.84. The normalized spacial score (nSPS) is 19.7. The highest BCUT2D eigenvalue weighted by molar-refractivity contribution is 5.79. The summed E-state index contributed by atoms with van der Waals surface area (Å²) in [4.78, 5) is 9.30. The van der Waals surface area contributed by atoms with Gasteiger partial charge in [-0.3, -0.25) is 9.89 Å². The van der Waals surface area contributed by atoms with Crippen molar-refractivity contribution in [2.24, 2.45) is 4.99 Å². The Kier molecular flexibility index (Phi) is 10.1. The largest absolute Gasteiger partial charge is 0.494 e. The van der Waals surface area contributed by atoms with Crippen LogP contribution in [-0.2, 0) is 11.3 Å². The van der Waals surface area contributed by atoms with Crippen LogP contribution < -0.4 is 15.4 Å². The summed E-state index contributed by atoms with van der Waals surface area (Å²) in [5.74, 6) is 1.80. The molecule has 0 unspecified atom stereocenters. The standard InChI is InChI=1S/C25H43N5O2/c1-26-24(27-20-22-8-10-23(11-9-22)32-17-7-14-29(2)3)28-21-25(12-5-4-6-13-25)30-15-18-31-19-16-30/h8-11H,4-7,12-21H2,1-3H3,(H2,26,27,28). The van der Waals surface area contributed by atoms with Crippen LogP contribution >= 0.6 is 0 Å². The van der Waals surface area contributed by atoms with Crippen LogP contribution in [0.15, 0.2) is 29.3 Å². The Labute approximate surface area is 194 Å². The summed E-state index contributed by atoms with van der Waals surface area (Å²) in [5.41, 5.74) is 1.44. The molecule has 7 heteroatoms. The van der Waals surface area contributed by atoms with Gasteiger partial charge in [0.15, 0.2) is 5.96 Å². The van der Waals surface area contributed by atoms with Crippen molar-refractivity contribution in [1.29, 1.82) is 0 Å². The smallest absolute Gasteiger partial charge is 0.191 e. The molecule has 1 aliphatic heterocycles. The molecule has 180 valence electrons. The Morgan fingerprint density at radius 3 is 2.47 bits per heavy atom. The van der Waals surface area contributed by atoms with Crippen LogP contribution in [0.4, 0.5) is 0 Å². The summed E-state index contributed by atoms with van der Waals surface area (Å²) >= 11 is 0. The first-order valence-corrected chi connectivity index (χ1v) is 12.3. The van der Waals surface area contributed by atoms with E-state index in [0.717, 1.165) is 70.7 Å². The van der Waals surface area contributed by atoms with E-state index in [1.54, 1.807) is 0 Å². The van der Waals surface area contributed by atoms with E-state index in [1.165, 1.54) is 37.7 Å². The van der Waals surface area contributed by atoms with Gasteiger partial charge in [-0.15, -0.1) is 0 Å². The van der Waals surface area contributed by atoms with E-state index in [1.807, 2.05) is 7.05 Å². The van der Waals surface area contributed by atoms with E-state index < -0.39 is 0 Å². The fourth-order valence-corrected chi connectivity index (χ4v) is 4.78. The molecule has 1 heterocycles. The third-order valence-corrected chi connectivity index (χ3v) is 6.68. The molecule has 1 saturated carbocycles. The Hall–Kier alpha value is -1.83. The zero-order valence-electron chi connectivity index (χ0n) is 20.4. The molecular formula is C25H43N5O2. The van der Waals surface area contributed by atoms with E-state index in [2.05, 4.69) is 63.8 Å². The molecule has 1 saturated heterocycles. The Balaban J connectivity index is 1.45. The third-order valence-electron chi connectivity index (χ3n) is 6.68. The molecule has 7 nitrogen and oxygen atoms in total. The lowest BCUT2D eigenvalue weighted by molar-refractivity contribution is -0.0352. The average Bonchev–Trinajstić information content (AvgIpc) is 2.84. The van der Waals surface area contributed by atoms with E-state index in [4.69, 9.17) is 9.47 Å². The summed E-state index contributed by atoms with van der Waals surface area (Å²) in [6, 6.07) is 8.35. The molecule has 2 aliphatic rings. The number of rotatable bonds is 10. The predicted molar refractivity (Wildman–Crippen MR) is 132 cm³/mol. The van der Waals surface area contributed by atoms with Crippen molar-refractivity contribution in [2.45, 2.75) is 50.6 Å². The Morgan fingerprint density at radius 2 is 1.81 bits per heavy atom.